The van der Waals surface area contributed by atoms with Crippen LogP contribution in [-0.4, -0.2) is 22.0 Å². The molecule has 0 atom stereocenters. The summed E-state index contributed by atoms with van der Waals surface area (Å²) < 4.78 is 5.60. The predicted octanol–water partition coefficient (Wildman–Crippen LogP) is 3.10. The lowest BCUT2D eigenvalue weighted by Crippen LogP contribution is -2.15. The Morgan fingerprint density at radius 3 is 2.81 bits per heavy atom. The molecule has 1 aromatic heterocycles. The summed E-state index contributed by atoms with van der Waals surface area (Å²) in [6.45, 7) is 3.91. The van der Waals surface area contributed by atoms with Gasteiger partial charge < -0.3 is 10.1 Å². The number of carbonyl (C=O) groups excluding carboxylic acids is 1. The summed E-state index contributed by atoms with van der Waals surface area (Å²) in [5.41, 5.74) is 0.868. The Labute approximate surface area is 128 Å². The summed E-state index contributed by atoms with van der Waals surface area (Å²) in [6.07, 6.45) is 3.13. The minimum Gasteiger partial charge on any atom is -0.491 e. The second kappa shape index (κ2) is 7.04. The summed E-state index contributed by atoms with van der Waals surface area (Å²) in [7, 11) is 0. The predicted molar refractivity (Wildman–Crippen MR) is 81.6 cm³/mol. The van der Waals surface area contributed by atoms with Crippen LogP contribution in [0.4, 0.5) is 5.82 Å². The van der Waals surface area contributed by atoms with E-state index in [-0.39, 0.29) is 23.6 Å². The molecule has 0 saturated heterocycles. The zero-order valence-corrected chi connectivity index (χ0v) is 12.6. The van der Waals surface area contributed by atoms with E-state index in [9.17, 15) is 4.79 Å². The van der Waals surface area contributed by atoms with Gasteiger partial charge in [0, 0.05) is 0 Å². The van der Waals surface area contributed by atoms with E-state index >= 15 is 0 Å². The molecule has 2 rings (SSSR count). The molecule has 6 heteroatoms. The molecule has 0 aliphatic heterocycles. The van der Waals surface area contributed by atoms with E-state index in [1.807, 2.05) is 38.1 Å². The largest absolute Gasteiger partial charge is 0.491 e. The molecule has 1 heterocycles. The van der Waals surface area contributed by atoms with E-state index in [2.05, 4.69) is 15.3 Å². The van der Waals surface area contributed by atoms with Gasteiger partial charge in [-0.25, -0.2) is 9.97 Å². The van der Waals surface area contributed by atoms with Crippen LogP contribution in [-0.2, 0) is 11.2 Å². The van der Waals surface area contributed by atoms with Crippen molar-refractivity contribution < 1.29 is 9.53 Å². The summed E-state index contributed by atoms with van der Waals surface area (Å²) >= 11 is 5.64. The molecule has 0 radical (unpaired) electrons. The zero-order chi connectivity index (χ0) is 15.2. The fraction of sp³-hybridized carbons (Fsp3) is 0.267. The van der Waals surface area contributed by atoms with Crippen LogP contribution in [0.2, 0.25) is 5.15 Å². The number of hydrogen-bond donors (Lipinski definition) is 1. The number of nitrogens with zero attached hydrogens (tertiary/aromatic N) is 2. The third-order valence-corrected chi connectivity index (χ3v) is 2.72. The maximum absolute atomic E-state index is 11.9. The zero-order valence-electron chi connectivity index (χ0n) is 11.8. The molecule has 2 aromatic rings. The van der Waals surface area contributed by atoms with E-state index in [1.165, 1.54) is 12.4 Å². The molecule has 0 fully saturated rings. The molecule has 0 aliphatic rings. The molecular weight excluding hydrogens is 290 g/mol. The van der Waals surface area contributed by atoms with Gasteiger partial charge in [0.2, 0.25) is 5.91 Å². The van der Waals surface area contributed by atoms with Crippen molar-refractivity contribution >= 4 is 23.3 Å². The lowest BCUT2D eigenvalue weighted by Gasteiger charge is -2.10. The van der Waals surface area contributed by atoms with Crippen molar-refractivity contribution in [2.75, 3.05) is 5.32 Å². The first kappa shape index (κ1) is 15.3. The summed E-state index contributed by atoms with van der Waals surface area (Å²) in [5, 5.41) is 2.95. The number of carbonyl (C=O) groups is 1. The Hall–Kier alpha value is -2.14. The van der Waals surface area contributed by atoms with Gasteiger partial charge in [-0.05, 0) is 31.5 Å². The van der Waals surface area contributed by atoms with Crippen LogP contribution in [0, 0.1) is 0 Å². The van der Waals surface area contributed by atoms with Gasteiger partial charge >= 0.3 is 0 Å². The molecule has 1 N–H and O–H groups in total. The van der Waals surface area contributed by atoms with Crippen LogP contribution in [0.25, 0.3) is 0 Å². The normalized spacial score (nSPS) is 10.5. The highest BCUT2D eigenvalue weighted by Gasteiger charge is 2.07. The first-order chi connectivity index (χ1) is 10.0. The average molecular weight is 306 g/mol. The third-order valence-electron chi connectivity index (χ3n) is 2.52. The van der Waals surface area contributed by atoms with Crippen molar-refractivity contribution in [1.82, 2.24) is 9.97 Å². The molecule has 5 nitrogen and oxygen atoms in total. The van der Waals surface area contributed by atoms with E-state index in [4.69, 9.17) is 16.3 Å². The third kappa shape index (κ3) is 5.04. The van der Waals surface area contributed by atoms with E-state index in [0.717, 1.165) is 11.3 Å². The van der Waals surface area contributed by atoms with Crippen molar-refractivity contribution in [3.05, 3.63) is 47.4 Å². The number of benzene rings is 1. The standard InChI is InChI=1S/C15H16ClN3O2/c1-10(2)21-12-5-3-4-11(6-12)7-15(20)19-14-9-17-13(16)8-18-14/h3-6,8-10H,7H2,1-2H3,(H,18,19,20). The first-order valence-electron chi connectivity index (χ1n) is 6.56. The highest BCUT2D eigenvalue weighted by Crippen LogP contribution is 2.15. The Morgan fingerprint density at radius 2 is 2.14 bits per heavy atom. The number of anilines is 1. The van der Waals surface area contributed by atoms with Crippen LogP contribution in [0.15, 0.2) is 36.7 Å². The molecule has 0 spiro atoms. The Bertz CT molecular complexity index is 615. The first-order valence-corrected chi connectivity index (χ1v) is 6.94. The molecule has 110 valence electrons. The van der Waals surface area contributed by atoms with Crippen molar-refractivity contribution in [2.45, 2.75) is 26.4 Å². The second-order valence-electron chi connectivity index (χ2n) is 4.76. The van der Waals surface area contributed by atoms with Crippen molar-refractivity contribution in [3.63, 3.8) is 0 Å². The number of hydrogen-bond acceptors (Lipinski definition) is 4. The average Bonchev–Trinajstić information content (AvgIpc) is 2.41. The molecular formula is C15H16ClN3O2. The van der Waals surface area contributed by atoms with Gasteiger partial charge in [0.15, 0.2) is 5.82 Å². The van der Waals surface area contributed by atoms with Crippen molar-refractivity contribution in [1.29, 1.82) is 0 Å². The van der Waals surface area contributed by atoms with Crippen LogP contribution < -0.4 is 10.1 Å². The Balaban J connectivity index is 1.97. The highest BCUT2D eigenvalue weighted by molar-refractivity contribution is 6.29. The number of ether oxygens (including phenoxy) is 1. The van der Waals surface area contributed by atoms with Gasteiger partial charge in [0.05, 0.1) is 24.9 Å². The number of nitrogens with one attached hydrogen (secondary N) is 1. The van der Waals surface area contributed by atoms with Gasteiger partial charge in [-0.2, -0.15) is 0 Å². The maximum Gasteiger partial charge on any atom is 0.229 e. The van der Waals surface area contributed by atoms with Crippen molar-refractivity contribution in [3.8, 4) is 5.75 Å². The van der Waals surface area contributed by atoms with Crippen LogP contribution in [0.1, 0.15) is 19.4 Å². The van der Waals surface area contributed by atoms with E-state index in [0.29, 0.717) is 5.82 Å². The van der Waals surface area contributed by atoms with Gasteiger partial charge in [0.25, 0.3) is 0 Å². The highest BCUT2D eigenvalue weighted by atomic mass is 35.5. The SMILES string of the molecule is CC(C)Oc1cccc(CC(=O)Nc2cnc(Cl)cn2)c1. The van der Waals surface area contributed by atoms with Crippen molar-refractivity contribution in [2.24, 2.45) is 0 Å². The summed E-state index contributed by atoms with van der Waals surface area (Å²) in [6, 6.07) is 7.46. The van der Waals surface area contributed by atoms with Gasteiger partial charge in [-0.3, -0.25) is 4.79 Å². The lowest BCUT2D eigenvalue weighted by atomic mass is 10.1. The maximum atomic E-state index is 11.9. The van der Waals surface area contributed by atoms with Crippen LogP contribution in [0.3, 0.4) is 0 Å². The van der Waals surface area contributed by atoms with Gasteiger partial charge in [-0.15, -0.1) is 0 Å². The van der Waals surface area contributed by atoms with E-state index in [1.54, 1.807) is 0 Å². The van der Waals surface area contributed by atoms with Crippen LogP contribution in [0.5, 0.6) is 5.75 Å². The fourth-order valence-corrected chi connectivity index (χ4v) is 1.85. The van der Waals surface area contributed by atoms with Crippen LogP contribution >= 0.6 is 11.6 Å². The number of aromatic nitrogens is 2. The summed E-state index contributed by atoms with van der Waals surface area (Å²) in [5.74, 6) is 0.953. The quantitative estimate of drug-likeness (QED) is 0.922. The molecule has 0 unspecified atom stereocenters. The minimum absolute atomic E-state index is 0.0958. The molecule has 1 amide bonds. The molecule has 0 saturated carbocycles. The minimum atomic E-state index is -0.173. The molecule has 21 heavy (non-hydrogen) atoms. The smallest absolute Gasteiger partial charge is 0.229 e. The molecule has 0 aliphatic carbocycles. The Morgan fingerprint density at radius 1 is 1.33 bits per heavy atom. The van der Waals surface area contributed by atoms with Gasteiger partial charge in [0.1, 0.15) is 10.9 Å². The Kier molecular flexibility index (Phi) is 5.11. The molecule has 1 aromatic carbocycles. The lowest BCUT2D eigenvalue weighted by molar-refractivity contribution is -0.115. The number of rotatable bonds is 5. The topological polar surface area (TPSA) is 64.1 Å². The summed E-state index contributed by atoms with van der Waals surface area (Å²) in [4.78, 5) is 19.8. The monoisotopic (exact) mass is 305 g/mol. The number of amides is 1. The fourth-order valence-electron chi connectivity index (χ4n) is 1.75. The van der Waals surface area contributed by atoms with Gasteiger partial charge in [-0.1, -0.05) is 23.7 Å². The van der Waals surface area contributed by atoms with E-state index < -0.39 is 0 Å². The molecule has 0 bridgehead atoms. The number of halogens is 1. The second-order valence-corrected chi connectivity index (χ2v) is 5.15.